The number of amides is 3. The Morgan fingerprint density at radius 1 is 0.923 bits per heavy atom. The molecule has 0 bridgehead atoms. The highest BCUT2D eigenvalue weighted by Gasteiger charge is 2.38. The van der Waals surface area contributed by atoms with Gasteiger partial charge in [0, 0.05) is 18.8 Å². The van der Waals surface area contributed by atoms with Crippen molar-refractivity contribution in [3.05, 3.63) is 53.6 Å². The summed E-state index contributed by atoms with van der Waals surface area (Å²) in [4.78, 5) is 39.6. The number of morpholine rings is 1. The average molecular weight is 351 g/mol. The van der Waals surface area contributed by atoms with E-state index in [1.807, 2.05) is 12.1 Å². The van der Waals surface area contributed by atoms with Gasteiger partial charge in [0.1, 0.15) is 0 Å². The molecule has 0 saturated carbocycles. The molecule has 26 heavy (non-hydrogen) atoms. The SMILES string of the molecule is O=CNc1cccc2c1C(=O)N(c1ccc(N3CCOCC3)cc1)C2=O. The normalized spacial score (nSPS) is 16.6. The molecule has 1 fully saturated rings. The van der Waals surface area contributed by atoms with Crippen LogP contribution in [-0.2, 0) is 9.53 Å². The molecule has 2 aromatic carbocycles. The summed E-state index contributed by atoms with van der Waals surface area (Å²) in [6, 6.07) is 12.2. The second kappa shape index (κ2) is 6.61. The van der Waals surface area contributed by atoms with Gasteiger partial charge in [-0.3, -0.25) is 14.4 Å². The van der Waals surface area contributed by atoms with Crippen LogP contribution in [0.25, 0.3) is 0 Å². The van der Waals surface area contributed by atoms with E-state index in [4.69, 9.17) is 4.74 Å². The molecule has 0 atom stereocenters. The standard InChI is InChI=1S/C19H17N3O4/c23-12-20-16-3-1-2-15-17(16)19(25)22(18(15)24)14-6-4-13(5-7-14)21-8-10-26-11-9-21/h1-7,12H,8-11H2,(H,20,23). The van der Waals surface area contributed by atoms with Gasteiger partial charge >= 0.3 is 0 Å². The molecule has 0 unspecified atom stereocenters. The van der Waals surface area contributed by atoms with E-state index in [2.05, 4.69) is 10.2 Å². The first-order valence-corrected chi connectivity index (χ1v) is 8.35. The average Bonchev–Trinajstić information content (AvgIpc) is 2.94. The van der Waals surface area contributed by atoms with E-state index in [1.54, 1.807) is 30.3 Å². The van der Waals surface area contributed by atoms with Crippen molar-refractivity contribution in [3.63, 3.8) is 0 Å². The Bertz CT molecular complexity index is 873. The fraction of sp³-hybridized carbons (Fsp3) is 0.211. The third-order valence-electron chi connectivity index (χ3n) is 4.61. The Hall–Kier alpha value is -3.19. The summed E-state index contributed by atoms with van der Waals surface area (Å²) < 4.78 is 5.35. The van der Waals surface area contributed by atoms with E-state index in [0.29, 0.717) is 36.6 Å². The van der Waals surface area contributed by atoms with E-state index < -0.39 is 11.8 Å². The van der Waals surface area contributed by atoms with Crippen LogP contribution in [0.4, 0.5) is 17.1 Å². The number of hydrogen-bond acceptors (Lipinski definition) is 5. The van der Waals surface area contributed by atoms with Gasteiger partial charge in [-0.15, -0.1) is 0 Å². The molecule has 7 nitrogen and oxygen atoms in total. The molecule has 7 heteroatoms. The monoisotopic (exact) mass is 351 g/mol. The summed E-state index contributed by atoms with van der Waals surface area (Å²) in [6.45, 7) is 3.00. The van der Waals surface area contributed by atoms with E-state index in [9.17, 15) is 14.4 Å². The molecular formula is C19H17N3O4. The minimum atomic E-state index is -0.436. The van der Waals surface area contributed by atoms with Gasteiger partial charge in [0.05, 0.1) is 35.7 Å². The first-order chi connectivity index (χ1) is 12.7. The second-order valence-corrected chi connectivity index (χ2v) is 6.05. The quantitative estimate of drug-likeness (QED) is 0.672. The lowest BCUT2D eigenvalue weighted by molar-refractivity contribution is -0.105. The van der Waals surface area contributed by atoms with Crippen molar-refractivity contribution in [2.75, 3.05) is 41.4 Å². The number of carbonyl (C=O) groups is 3. The van der Waals surface area contributed by atoms with Crippen LogP contribution in [0.1, 0.15) is 20.7 Å². The zero-order valence-corrected chi connectivity index (χ0v) is 14.0. The molecule has 0 spiro atoms. The number of rotatable bonds is 4. The van der Waals surface area contributed by atoms with Crippen LogP contribution in [0.15, 0.2) is 42.5 Å². The largest absolute Gasteiger partial charge is 0.378 e. The van der Waals surface area contributed by atoms with Crippen molar-refractivity contribution < 1.29 is 19.1 Å². The van der Waals surface area contributed by atoms with Crippen molar-refractivity contribution in [1.29, 1.82) is 0 Å². The third kappa shape index (κ3) is 2.62. The predicted octanol–water partition coefficient (Wildman–Crippen LogP) is 1.89. The molecule has 1 N–H and O–H groups in total. The Morgan fingerprint density at radius 2 is 1.62 bits per heavy atom. The van der Waals surface area contributed by atoms with Gasteiger partial charge in [0.2, 0.25) is 6.41 Å². The Labute approximate surface area is 150 Å². The maximum absolute atomic E-state index is 12.8. The number of carbonyl (C=O) groups excluding carboxylic acids is 3. The number of fused-ring (bicyclic) bond motifs is 1. The van der Waals surface area contributed by atoms with Gasteiger partial charge < -0.3 is 15.0 Å². The summed E-state index contributed by atoms with van der Waals surface area (Å²) in [7, 11) is 0. The molecule has 1 saturated heterocycles. The first-order valence-electron chi connectivity index (χ1n) is 8.35. The van der Waals surface area contributed by atoms with Gasteiger partial charge in [-0.25, -0.2) is 4.90 Å². The summed E-state index contributed by atoms with van der Waals surface area (Å²) in [6.07, 6.45) is 0.493. The topological polar surface area (TPSA) is 79.0 Å². The van der Waals surface area contributed by atoms with Crippen LogP contribution >= 0.6 is 0 Å². The van der Waals surface area contributed by atoms with Crippen LogP contribution in [-0.4, -0.2) is 44.5 Å². The van der Waals surface area contributed by atoms with Gasteiger partial charge in [0.25, 0.3) is 11.8 Å². The lowest BCUT2D eigenvalue weighted by Crippen LogP contribution is -2.36. The summed E-state index contributed by atoms with van der Waals surface area (Å²) in [5, 5.41) is 2.48. The van der Waals surface area contributed by atoms with Gasteiger partial charge in [-0.1, -0.05) is 6.07 Å². The molecule has 4 rings (SSSR count). The van der Waals surface area contributed by atoms with Crippen molar-refractivity contribution in [2.45, 2.75) is 0 Å². The Balaban J connectivity index is 1.64. The number of anilines is 3. The molecule has 0 aromatic heterocycles. The molecule has 3 amide bonds. The Kier molecular flexibility index (Phi) is 4.14. The van der Waals surface area contributed by atoms with Crippen molar-refractivity contribution in [2.24, 2.45) is 0 Å². The van der Waals surface area contributed by atoms with E-state index in [-0.39, 0.29) is 5.56 Å². The van der Waals surface area contributed by atoms with Crippen LogP contribution in [0, 0.1) is 0 Å². The summed E-state index contributed by atoms with van der Waals surface area (Å²) in [5.41, 5.74) is 2.38. The Morgan fingerprint density at radius 3 is 2.31 bits per heavy atom. The molecule has 2 heterocycles. The zero-order chi connectivity index (χ0) is 18.1. The summed E-state index contributed by atoms with van der Waals surface area (Å²) in [5.74, 6) is -0.826. The number of nitrogens with zero attached hydrogens (tertiary/aromatic N) is 2. The van der Waals surface area contributed by atoms with Crippen molar-refractivity contribution in [3.8, 4) is 0 Å². The number of nitrogens with one attached hydrogen (secondary N) is 1. The third-order valence-corrected chi connectivity index (χ3v) is 4.61. The fourth-order valence-corrected chi connectivity index (χ4v) is 3.34. The molecular weight excluding hydrogens is 334 g/mol. The van der Waals surface area contributed by atoms with Crippen molar-refractivity contribution in [1.82, 2.24) is 0 Å². The number of benzene rings is 2. The maximum atomic E-state index is 12.8. The highest BCUT2D eigenvalue weighted by Crippen LogP contribution is 2.33. The number of hydrogen-bond donors (Lipinski definition) is 1. The second-order valence-electron chi connectivity index (χ2n) is 6.05. The molecule has 0 radical (unpaired) electrons. The van der Waals surface area contributed by atoms with Crippen LogP contribution < -0.4 is 15.1 Å². The lowest BCUT2D eigenvalue weighted by Gasteiger charge is -2.29. The molecule has 2 aromatic rings. The van der Waals surface area contributed by atoms with Gasteiger partial charge in [0.15, 0.2) is 0 Å². The van der Waals surface area contributed by atoms with E-state index in [1.165, 1.54) is 0 Å². The van der Waals surface area contributed by atoms with Gasteiger partial charge in [-0.05, 0) is 36.4 Å². The van der Waals surface area contributed by atoms with Crippen LogP contribution in [0.2, 0.25) is 0 Å². The molecule has 2 aliphatic rings. The van der Waals surface area contributed by atoms with E-state index >= 15 is 0 Å². The molecule has 2 aliphatic heterocycles. The summed E-state index contributed by atoms with van der Waals surface area (Å²) >= 11 is 0. The smallest absolute Gasteiger partial charge is 0.268 e. The fourth-order valence-electron chi connectivity index (χ4n) is 3.34. The van der Waals surface area contributed by atoms with Crippen LogP contribution in [0.5, 0.6) is 0 Å². The predicted molar refractivity (Wildman–Crippen MR) is 96.7 cm³/mol. The first kappa shape index (κ1) is 16.3. The minimum Gasteiger partial charge on any atom is -0.378 e. The lowest BCUT2D eigenvalue weighted by atomic mass is 10.1. The molecule has 132 valence electrons. The maximum Gasteiger partial charge on any atom is 0.268 e. The zero-order valence-electron chi connectivity index (χ0n) is 14.0. The molecule has 0 aliphatic carbocycles. The number of ether oxygens (including phenoxy) is 1. The van der Waals surface area contributed by atoms with Gasteiger partial charge in [-0.2, -0.15) is 0 Å². The number of imide groups is 1. The minimum absolute atomic E-state index is 0.224. The highest BCUT2D eigenvalue weighted by atomic mass is 16.5. The van der Waals surface area contributed by atoms with Crippen molar-refractivity contribution >= 4 is 35.3 Å². The van der Waals surface area contributed by atoms with Crippen LogP contribution in [0.3, 0.4) is 0 Å². The highest BCUT2D eigenvalue weighted by molar-refractivity contribution is 6.36. The van der Waals surface area contributed by atoms with E-state index in [0.717, 1.165) is 23.7 Å².